The third-order valence-corrected chi connectivity index (χ3v) is 6.53. The topological polar surface area (TPSA) is 76.4 Å². The Bertz CT molecular complexity index is 807. The average molecular weight is 398 g/mol. The molecule has 1 N–H and O–H groups in total. The van der Waals surface area contributed by atoms with Crippen molar-refractivity contribution in [1.29, 1.82) is 5.26 Å². The normalized spacial score (nSPS) is 25.8. The Hall–Kier alpha value is -2.62. The maximum Gasteiger partial charge on any atom is 0.226 e. The molecule has 1 aliphatic heterocycles. The van der Waals surface area contributed by atoms with Crippen molar-refractivity contribution in [2.45, 2.75) is 44.1 Å². The summed E-state index contributed by atoms with van der Waals surface area (Å²) in [5, 5.41) is 12.1. The Morgan fingerprint density at radius 3 is 2.24 bits per heavy atom. The third kappa shape index (κ3) is 4.21. The number of nitrogens with zero attached hydrogens (tertiary/aromatic N) is 3. The second kappa shape index (κ2) is 8.02. The molecule has 1 heterocycles. The number of hydrogen-bond donors (Lipinski definition) is 1. The van der Waals surface area contributed by atoms with Gasteiger partial charge < -0.3 is 15.1 Å². The second-order valence-electron chi connectivity index (χ2n) is 8.47. The largest absolute Gasteiger partial charge is 0.368 e. The van der Waals surface area contributed by atoms with E-state index in [2.05, 4.69) is 16.3 Å². The molecule has 0 spiro atoms. The molecule has 29 heavy (non-hydrogen) atoms. The molecule has 2 atom stereocenters. The van der Waals surface area contributed by atoms with Crippen LogP contribution < -0.4 is 10.2 Å². The Morgan fingerprint density at radius 2 is 1.66 bits per heavy atom. The number of benzene rings is 1. The minimum absolute atomic E-state index is 0.0606. The number of anilines is 1. The van der Waals surface area contributed by atoms with Crippen LogP contribution in [0.15, 0.2) is 24.3 Å². The van der Waals surface area contributed by atoms with E-state index in [9.17, 15) is 19.2 Å². The number of piperazine rings is 1. The number of carbonyl (C=O) groups is 2. The molecule has 1 aromatic carbocycles. The van der Waals surface area contributed by atoms with Crippen molar-refractivity contribution < 1.29 is 14.0 Å². The van der Waals surface area contributed by atoms with Gasteiger partial charge in [0, 0.05) is 43.7 Å². The zero-order chi connectivity index (χ0) is 20.4. The van der Waals surface area contributed by atoms with Crippen molar-refractivity contribution in [2.24, 2.45) is 11.8 Å². The van der Waals surface area contributed by atoms with Crippen LogP contribution in [0.1, 0.15) is 38.5 Å². The van der Waals surface area contributed by atoms with E-state index in [1.807, 2.05) is 4.90 Å². The SMILES string of the molecule is N#CC1(NC(=O)C2CCCC[C@H]2C(=O)N2CCN(c3ccc(F)cc3)CC2)CC1. The van der Waals surface area contributed by atoms with Crippen LogP contribution in [0.3, 0.4) is 0 Å². The van der Waals surface area contributed by atoms with Gasteiger partial charge in [-0.2, -0.15) is 5.26 Å². The average Bonchev–Trinajstić information content (AvgIpc) is 3.54. The lowest BCUT2D eigenvalue weighted by molar-refractivity contribution is -0.144. The summed E-state index contributed by atoms with van der Waals surface area (Å²) in [6.45, 7) is 2.59. The fourth-order valence-electron chi connectivity index (χ4n) is 4.53. The van der Waals surface area contributed by atoms with Crippen LogP contribution in [0.5, 0.6) is 0 Å². The second-order valence-corrected chi connectivity index (χ2v) is 8.47. The molecule has 1 aromatic rings. The van der Waals surface area contributed by atoms with Gasteiger partial charge in [0.05, 0.1) is 6.07 Å². The van der Waals surface area contributed by atoms with Crippen molar-refractivity contribution in [2.75, 3.05) is 31.1 Å². The lowest BCUT2D eigenvalue weighted by Gasteiger charge is -2.39. The van der Waals surface area contributed by atoms with Crippen molar-refractivity contribution in [3.63, 3.8) is 0 Å². The van der Waals surface area contributed by atoms with Crippen molar-refractivity contribution >= 4 is 17.5 Å². The van der Waals surface area contributed by atoms with Crippen LogP contribution in [0.2, 0.25) is 0 Å². The van der Waals surface area contributed by atoms with Crippen LogP contribution in [0, 0.1) is 29.0 Å². The zero-order valence-corrected chi connectivity index (χ0v) is 16.6. The first kappa shape index (κ1) is 19.7. The molecule has 1 unspecified atom stereocenters. The zero-order valence-electron chi connectivity index (χ0n) is 16.6. The maximum absolute atomic E-state index is 13.2. The summed E-state index contributed by atoms with van der Waals surface area (Å²) in [6.07, 6.45) is 4.74. The van der Waals surface area contributed by atoms with Gasteiger partial charge in [-0.15, -0.1) is 0 Å². The summed E-state index contributed by atoms with van der Waals surface area (Å²) in [4.78, 5) is 30.0. The molecule has 6 nitrogen and oxygen atoms in total. The van der Waals surface area contributed by atoms with Crippen LogP contribution in [-0.2, 0) is 9.59 Å². The summed E-state index contributed by atoms with van der Waals surface area (Å²) >= 11 is 0. The van der Waals surface area contributed by atoms with Gasteiger partial charge in [-0.05, 0) is 49.9 Å². The van der Waals surface area contributed by atoms with Gasteiger partial charge in [-0.1, -0.05) is 12.8 Å². The summed E-state index contributed by atoms with van der Waals surface area (Å²) in [6, 6.07) is 8.62. The van der Waals surface area contributed by atoms with Gasteiger partial charge in [0.15, 0.2) is 0 Å². The molecule has 0 aromatic heterocycles. The van der Waals surface area contributed by atoms with Gasteiger partial charge in [0.2, 0.25) is 11.8 Å². The van der Waals surface area contributed by atoms with Crippen LogP contribution in [-0.4, -0.2) is 48.4 Å². The lowest BCUT2D eigenvalue weighted by atomic mass is 9.77. The van der Waals surface area contributed by atoms with E-state index < -0.39 is 5.54 Å². The van der Waals surface area contributed by atoms with E-state index in [1.54, 1.807) is 12.1 Å². The summed E-state index contributed by atoms with van der Waals surface area (Å²) in [7, 11) is 0. The van der Waals surface area contributed by atoms with E-state index in [4.69, 9.17) is 0 Å². The molecule has 3 fully saturated rings. The Balaban J connectivity index is 1.37. The predicted molar refractivity (Wildman–Crippen MR) is 106 cm³/mol. The van der Waals surface area contributed by atoms with E-state index >= 15 is 0 Å². The summed E-state index contributed by atoms with van der Waals surface area (Å²) in [5.74, 6) is -0.959. The van der Waals surface area contributed by atoms with Gasteiger partial charge in [-0.25, -0.2) is 4.39 Å². The lowest BCUT2D eigenvalue weighted by Crippen LogP contribution is -2.53. The first-order valence-corrected chi connectivity index (χ1v) is 10.5. The van der Waals surface area contributed by atoms with Crippen LogP contribution >= 0.6 is 0 Å². The van der Waals surface area contributed by atoms with Gasteiger partial charge >= 0.3 is 0 Å². The van der Waals surface area contributed by atoms with Crippen LogP contribution in [0.4, 0.5) is 10.1 Å². The molecule has 2 saturated carbocycles. The monoisotopic (exact) mass is 398 g/mol. The number of halogens is 1. The van der Waals surface area contributed by atoms with E-state index in [0.29, 0.717) is 45.4 Å². The maximum atomic E-state index is 13.2. The number of nitriles is 1. The Kier molecular flexibility index (Phi) is 5.44. The minimum atomic E-state index is -0.692. The highest BCUT2D eigenvalue weighted by Crippen LogP contribution is 2.37. The number of hydrogen-bond acceptors (Lipinski definition) is 4. The highest BCUT2D eigenvalue weighted by molar-refractivity contribution is 5.88. The number of nitrogens with one attached hydrogen (secondary N) is 1. The van der Waals surface area contributed by atoms with E-state index in [1.165, 1.54) is 12.1 Å². The smallest absolute Gasteiger partial charge is 0.226 e. The Morgan fingerprint density at radius 1 is 1.03 bits per heavy atom. The van der Waals surface area contributed by atoms with E-state index in [0.717, 1.165) is 24.9 Å². The first-order valence-electron chi connectivity index (χ1n) is 10.5. The highest BCUT2D eigenvalue weighted by atomic mass is 19.1. The van der Waals surface area contributed by atoms with Crippen molar-refractivity contribution in [3.05, 3.63) is 30.1 Å². The first-order chi connectivity index (χ1) is 14.0. The predicted octanol–water partition coefficient (Wildman–Crippen LogP) is 2.45. The van der Waals surface area contributed by atoms with E-state index in [-0.39, 0.29) is 29.5 Å². The van der Waals surface area contributed by atoms with Gasteiger partial charge in [-0.3, -0.25) is 9.59 Å². The molecule has 2 aliphatic carbocycles. The standard InChI is InChI=1S/C22H27FN4O2/c23-16-5-7-17(8-6-16)26-11-13-27(14-12-26)21(29)19-4-2-1-3-18(19)20(28)25-22(15-24)9-10-22/h5-8,18-19H,1-4,9-14H2,(H,25,28)/t18?,19-/m1/s1. The molecule has 7 heteroatoms. The minimum Gasteiger partial charge on any atom is -0.368 e. The number of rotatable bonds is 4. The highest BCUT2D eigenvalue weighted by Gasteiger charge is 2.47. The van der Waals surface area contributed by atoms with Gasteiger partial charge in [0.25, 0.3) is 0 Å². The molecular formula is C22H27FN4O2. The fourth-order valence-corrected chi connectivity index (χ4v) is 4.53. The van der Waals surface area contributed by atoms with Crippen LogP contribution in [0.25, 0.3) is 0 Å². The number of amides is 2. The molecule has 3 aliphatic rings. The van der Waals surface area contributed by atoms with Gasteiger partial charge in [0.1, 0.15) is 11.4 Å². The number of carbonyl (C=O) groups excluding carboxylic acids is 2. The molecule has 0 radical (unpaired) electrons. The Labute approximate surface area is 170 Å². The molecule has 0 bridgehead atoms. The molecular weight excluding hydrogens is 371 g/mol. The fraction of sp³-hybridized carbons (Fsp3) is 0.591. The third-order valence-electron chi connectivity index (χ3n) is 6.53. The molecule has 1 saturated heterocycles. The molecule has 4 rings (SSSR count). The quantitative estimate of drug-likeness (QED) is 0.845. The summed E-state index contributed by atoms with van der Waals surface area (Å²) in [5.41, 5.74) is 0.266. The molecule has 154 valence electrons. The molecule has 2 amide bonds. The van der Waals surface area contributed by atoms with Crippen molar-refractivity contribution in [1.82, 2.24) is 10.2 Å². The van der Waals surface area contributed by atoms with Crippen molar-refractivity contribution in [3.8, 4) is 6.07 Å². The summed E-state index contributed by atoms with van der Waals surface area (Å²) < 4.78 is 13.1.